The van der Waals surface area contributed by atoms with Crippen LogP contribution in [0.2, 0.25) is 0 Å². The molecular formula is C17H29ClN2O2. The molecule has 0 amide bonds. The van der Waals surface area contributed by atoms with Gasteiger partial charge in [-0.15, -0.1) is 12.4 Å². The summed E-state index contributed by atoms with van der Waals surface area (Å²) >= 11 is 0. The molecule has 4 nitrogen and oxygen atoms in total. The monoisotopic (exact) mass is 328 g/mol. The third kappa shape index (κ3) is 5.34. The number of benzene rings is 1. The predicted molar refractivity (Wildman–Crippen MR) is 93.4 cm³/mol. The zero-order valence-corrected chi connectivity index (χ0v) is 14.7. The summed E-state index contributed by atoms with van der Waals surface area (Å²) in [5, 5.41) is 3.48. The van der Waals surface area contributed by atoms with Crippen LogP contribution in [0.25, 0.3) is 0 Å². The Bertz CT molecular complexity index is 443. The van der Waals surface area contributed by atoms with E-state index in [2.05, 4.69) is 36.2 Å². The number of piperazine rings is 1. The van der Waals surface area contributed by atoms with E-state index in [4.69, 9.17) is 9.47 Å². The van der Waals surface area contributed by atoms with Crippen LogP contribution in [0.15, 0.2) is 18.2 Å². The zero-order chi connectivity index (χ0) is 15.1. The molecule has 0 radical (unpaired) electrons. The number of ether oxygens (including phenoxy) is 2. The molecule has 1 atom stereocenters. The second-order valence-corrected chi connectivity index (χ2v) is 5.62. The van der Waals surface area contributed by atoms with Gasteiger partial charge in [0.2, 0.25) is 0 Å². The first-order valence-electron chi connectivity index (χ1n) is 8.07. The fourth-order valence-corrected chi connectivity index (χ4v) is 2.72. The van der Waals surface area contributed by atoms with Crippen LogP contribution in [0.5, 0.6) is 11.5 Å². The maximum Gasteiger partial charge on any atom is 0.165 e. The fraction of sp³-hybridized carbons (Fsp3) is 0.647. The molecule has 0 bridgehead atoms. The molecule has 0 aliphatic carbocycles. The Hall–Kier alpha value is -0.970. The minimum atomic E-state index is 0. The van der Waals surface area contributed by atoms with Crippen molar-refractivity contribution in [3.63, 3.8) is 0 Å². The van der Waals surface area contributed by atoms with Crippen LogP contribution in [0.4, 0.5) is 0 Å². The Morgan fingerprint density at radius 2 is 2.09 bits per heavy atom. The molecule has 1 heterocycles. The molecule has 0 spiro atoms. The van der Waals surface area contributed by atoms with E-state index < -0.39 is 0 Å². The molecule has 126 valence electrons. The lowest BCUT2D eigenvalue weighted by Gasteiger charge is -2.32. The van der Waals surface area contributed by atoms with E-state index in [0.29, 0.717) is 12.6 Å². The van der Waals surface area contributed by atoms with Crippen LogP contribution in [0, 0.1) is 0 Å². The summed E-state index contributed by atoms with van der Waals surface area (Å²) in [6, 6.07) is 6.76. The van der Waals surface area contributed by atoms with Crippen LogP contribution in [0.3, 0.4) is 0 Å². The predicted octanol–water partition coefficient (Wildman–Crippen LogP) is 3.09. The number of hydrogen-bond donors (Lipinski definition) is 1. The second-order valence-electron chi connectivity index (χ2n) is 5.62. The third-order valence-corrected chi connectivity index (χ3v) is 3.66. The molecule has 0 aromatic heterocycles. The van der Waals surface area contributed by atoms with E-state index in [0.717, 1.165) is 50.7 Å². The van der Waals surface area contributed by atoms with Crippen molar-refractivity contribution >= 4 is 12.4 Å². The fourth-order valence-electron chi connectivity index (χ4n) is 2.72. The summed E-state index contributed by atoms with van der Waals surface area (Å²) in [6.45, 7) is 11.9. The summed E-state index contributed by atoms with van der Waals surface area (Å²) in [5.74, 6) is 1.79. The molecule has 1 aliphatic rings. The Morgan fingerprint density at radius 3 is 2.77 bits per heavy atom. The Labute approximate surface area is 140 Å². The summed E-state index contributed by atoms with van der Waals surface area (Å²) < 4.78 is 11.7. The maximum atomic E-state index is 5.97. The molecular weight excluding hydrogens is 300 g/mol. The highest BCUT2D eigenvalue weighted by Crippen LogP contribution is 2.32. The number of para-hydroxylation sites is 1. The minimum Gasteiger partial charge on any atom is -0.490 e. The third-order valence-electron chi connectivity index (χ3n) is 3.66. The first-order valence-corrected chi connectivity index (χ1v) is 8.07. The number of nitrogens with zero attached hydrogens (tertiary/aromatic N) is 1. The lowest BCUT2D eigenvalue weighted by atomic mass is 10.1. The molecule has 1 aromatic carbocycles. The van der Waals surface area contributed by atoms with Gasteiger partial charge in [-0.3, -0.25) is 4.90 Å². The molecule has 0 saturated carbocycles. The van der Waals surface area contributed by atoms with Crippen molar-refractivity contribution < 1.29 is 9.47 Å². The van der Waals surface area contributed by atoms with Crippen molar-refractivity contribution in [1.82, 2.24) is 10.2 Å². The van der Waals surface area contributed by atoms with Crippen LogP contribution < -0.4 is 14.8 Å². The largest absolute Gasteiger partial charge is 0.490 e. The van der Waals surface area contributed by atoms with Gasteiger partial charge in [0.15, 0.2) is 11.5 Å². The lowest BCUT2D eigenvalue weighted by Crippen LogP contribution is -2.48. The Morgan fingerprint density at radius 1 is 1.27 bits per heavy atom. The van der Waals surface area contributed by atoms with Crippen molar-refractivity contribution in [1.29, 1.82) is 0 Å². The normalized spacial score (nSPS) is 18.6. The smallest absolute Gasteiger partial charge is 0.165 e. The summed E-state index contributed by atoms with van der Waals surface area (Å²) in [7, 11) is 0. The number of rotatable bonds is 7. The highest BCUT2D eigenvalue weighted by molar-refractivity contribution is 5.85. The van der Waals surface area contributed by atoms with Crippen LogP contribution in [-0.4, -0.2) is 43.8 Å². The van der Waals surface area contributed by atoms with E-state index in [1.165, 1.54) is 5.56 Å². The molecule has 5 heteroatoms. The topological polar surface area (TPSA) is 33.7 Å². The van der Waals surface area contributed by atoms with E-state index >= 15 is 0 Å². The van der Waals surface area contributed by atoms with Gasteiger partial charge in [0.25, 0.3) is 0 Å². The molecule has 1 aliphatic heterocycles. The molecule has 1 aromatic rings. The van der Waals surface area contributed by atoms with Gasteiger partial charge in [-0.2, -0.15) is 0 Å². The van der Waals surface area contributed by atoms with E-state index in [1.807, 2.05) is 13.0 Å². The first-order chi connectivity index (χ1) is 10.2. The van der Waals surface area contributed by atoms with E-state index in [9.17, 15) is 0 Å². The molecule has 1 fully saturated rings. The highest BCUT2D eigenvalue weighted by Gasteiger charge is 2.18. The van der Waals surface area contributed by atoms with Crippen LogP contribution >= 0.6 is 12.4 Å². The average Bonchev–Trinajstić information content (AvgIpc) is 2.47. The lowest BCUT2D eigenvalue weighted by molar-refractivity contribution is 0.194. The average molecular weight is 329 g/mol. The second kappa shape index (κ2) is 9.93. The molecule has 1 N–H and O–H groups in total. The Kier molecular flexibility index (Phi) is 8.61. The number of hydrogen-bond acceptors (Lipinski definition) is 4. The van der Waals surface area contributed by atoms with Crippen molar-refractivity contribution in [3.8, 4) is 11.5 Å². The van der Waals surface area contributed by atoms with Crippen LogP contribution in [-0.2, 0) is 6.54 Å². The summed E-state index contributed by atoms with van der Waals surface area (Å²) in [4.78, 5) is 2.48. The van der Waals surface area contributed by atoms with Gasteiger partial charge in [0.05, 0.1) is 13.2 Å². The summed E-state index contributed by atoms with van der Waals surface area (Å²) in [5.41, 5.74) is 1.23. The van der Waals surface area contributed by atoms with Gasteiger partial charge in [-0.1, -0.05) is 19.1 Å². The zero-order valence-electron chi connectivity index (χ0n) is 13.9. The van der Waals surface area contributed by atoms with E-state index in [1.54, 1.807) is 0 Å². The molecule has 2 rings (SSSR count). The highest BCUT2D eigenvalue weighted by atomic mass is 35.5. The standard InChI is InChI=1S/C17H28N2O2.ClH/c1-4-11-21-17-15(7-6-8-16(17)20-5-2)13-19-10-9-18-14(3)12-19;/h6-8,14,18H,4-5,9-13H2,1-3H3;1H/t14-;/m1./s1. The van der Waals surface area contributed by atoms with Gasteiger partial charge in [-0.25, -0.2) is 0 Å². The maximum absolute atomic E-state index is 5.97. The van der Waals surface area contributed by atoms with Gasteiger partial charge in [-0.05, 0) is 26.3 Å². The summed E-state index contributed by atoms with van der Waals surface area (Å²) in [6.07, 6.45) is 1.00. The van der Waals surface area contributed by atoms with Crippen molar-refractivity contribution in [2.75, 3.05) is 32.8 Å². The van der Waals surface area contributed by atoms with Crippen molar-refractivity contribution in [2.24, 2.45) is 0 Å². The number of halogens is 1. The van der Waals surface area contributed by atoms with Crippen molar-refractivity contribution in [2.45, 2.75) is 39.8 Å². The van der Waals surface area contributed by atoms with Crippen molar-refractivity contribution in [3.05, 3.63) is 23.8 Å². The first kappa shape index (κ1) is 19.1. The SMILES string of the molecule is CCCOc1c(CN2CCN[C@H](C)C2)cccc1OCC.Cl. The quantitative estimate of drug-likeness (QED) is 0.834. The van der Waals surface area contributed by atoms with Crippen LogP contribution in [0.1, 0.15) is 32.8 Å². The minimum absolute atomic E-state index is 0. The van der Waals surface area contributed by atoms with Gasteiger partial charge < -0.3 is 14.8 Å². The van der Waals surface area contributed by atoms with Gasteiger partial charge in [0, 0.05) is 37.8 Å². The number of nitrogens with one attached hydrogen (secondary N) is 1. The molecule has 22 heavy (non-hydrogen) atoms. The van der Waals surface area contributed by atoms with Gasteiger partial charge in [0.1, 0.15) is 0 Å². The molecule has 1 saturated heterocycles. The van der Waals surface area contributed by atoms with Gasteiger partial charge >= 0.3 is 0 Å². The van der Waals surface area contributed by atoms with E-state index in [-0.39, 0.29) is 12.4 Å². The molecule has 0 unspecified atom stereocenters. The Balaban J connectivity index is 0.00000242.